The molecular formula is C21H22N2O3. The number of fused-ring (bicyclic) bond motifs is 2. The molecule has 0 unspecified atom stereocenters. The van der Waals surface area contributed by atoms with E-state index in [9.17, 15) is 9.59 Å². The van der Waals surface area contributed by atoms with Gasteiger partial charge in [-0.05, 0) is 73.1 Å². The summed E-state index contributed by atoms with van der Waals surface area (Å²) in [5, 5.41) is 5.83. The van der Waals surface area contributed by atoms with Gasteiger partial charge >= 0.3 is 0 Å². The molecule has 0 spiro atoms. The first-order valence-electron chi connectivity index (χ1n) is 9.15. The maximum absolute atomic E-state index is 12.3. The van der Waals surface area contributed by atoms with Gasteiger partial charge in [0.05, 0.1) is 0 Å². The van der Waals surface area contributed by atoms with E-state index in [0.29, 0.717) is 18.6 Å². The number of aryl methyl sites for hydroxylation is 2. The number of ether oxygens (including phenoxy) is 1. The van der Waals surface area contributed by atoms with Crippen molar-refractivity contribution in [1.82, 2.24) is 0 Å². The minimum atomic E-state index is -0.157. The van der Waals surface area contributed by atoms with Gasteiger partial charge in [0.2, 0.25) is 5.91 Å². The van der Waals surface area contributed by atoms with Gasteiger partial charge < -0.3 is 15.4 Å². The fourth-order valence-corrected chi connectivity index (χ4v) is 3.68. The average Bonchev–Trinajstić information content (AvgIpc) is 2.66. The number of anilines is 2. The van der Waals surface area contributed by atoms with Crippen LogP contribution in [0.15, 0.2) is 36.4 Å². The van der Waals surface area contributed by atoms with E-state index in [1.54, 1.807) is 6.07 Å². The number of carbonyl (C=O) groups is 2. The number of amides is 2. The lowest BCUT2D eigenvalue weighted by Gasteiger charge is -2.20. The molecule has 2 aliphatic rings. The molecule has 5 heteroatoms. The van der Waals surface area contributed by atoms with Gasteiger partial charge in [-0.1, -0.05) is 12.1 Å². The molecule has 5 nitrogen and oxygen atoms in total. The van der Waals surface area contributed by atoms with E-state index >= 15 is 0 Å². The van der Waals surface area contributed by atoms with Crippen LogP contribution >= 0.6 is 0 Å². The molecule has 2 amide bonds. The Labute approximate surface area is 152 Å². The number of rotatable bonds is 4. The minimum absolute atomic E-state index is 0.0329. The van der Waals surface area contributed by atoms with Crippen LogP contribution < -0.4 is 15.4 Å². The third-order valence-electron chi connectivity index (χ3n) is 5.01. The van der Waals surface area contributed by atoms with E-state index in [-0.39, 0.29) is 18.4 Å². The highest BCUT2D eigenvalue weighted by molar-refractivity contribution is 5.94. The van der Waals surface area contributed by atoms with Crippen molar-refractivity contribution in [2.24, 2.45) is 0 Å². The topological polar surface area (TPSA) is 67.4 Å². The van der Waals surface area contributed by atoms with Crippen LogP contribution in [0.4, 0.5) is 11.4 Å². The largest absolute Gasteiger partial charge is 0.484 e. The van der Waals surface area contributed by atoms with Crippen LogP contribution in [0.2, 0.25) is 0 Å². The first kappa shape index (κ1) is 16.6. The SMILES string of the molecule is O=C1CCc2cc(OCC(=O)Nc3cccc4c3CCCC4)ccc2N1. The van der Waals surface area contributed by atoms with Gasteiger partial charge in [-0.25, -0.2) is 0 Å². The summed E-state index contributed by atoms with van der Waals surface area (Å²) < 4.78 is 5.65. The molecule has 0 saturated heterocycles. The summed E-state index contributed by atoms with van der Waals surface area (Å²) in [5.41, 5.74) is 5.38. The van der Waals surface area contributed by atoms with E-state index < -0.39 is 0 Å². The van der Waals surface area contributed by atoms with Crippen LogP contribution in [0.3, 0.4) is 0 Å². The summed E-state index contributed by atoms with van der Waals surface area (Å²) in [7, 11) is 0. The number of carbonyl (C=O) groups excluding carboxylic acids is 2. The summed E-state index contributed by atoms with van der Waals surface area (Å²) in [6.07, 6.45) is 5.66. The zero-order chi connectivity index (χ0) is 17.9. The molecule has 4 rings (SSSR count). The Hall–Kier alpha value is -2.82. The van der Waals surface area contributed by atoms with Crippen LogP contribution in [0, 0.1) is 0 Å². The van der Waals surface area contributed by atoms with Gasteiger partial charge in [-0.2, -0.15) is 0 Å². The Morgan fingerprint density at radius 1 is 1.04 bits per heavy atom. The highest BCUT2D eigenvalue weighted by atomic mass is 16.5. The van der Waals surface area contributed by atoms with E-state index in [4.69, 9.17) is 4.74 Å². The second-order valence-electron chi connectivity index (χ2n) is 6.85. The van der Waals surface area contributed by atoms with Crippen molar-refractivity contribution >= 4 is 23.2 Å². The summed E-state index contributed by atoms with van der Waals surface area (Å²) in [4.78, 5) is 23.7. The Morgan fingerprint density at radius 2 is 1.92 bits per heavy atom. The molecule has 0 radical (unpaired) electrons. The summed E-state index contributed by atoms with van der Waals surface area (Å²) in [6.45, 7) is -0.0329. The molecule has 2 N–H and O–H groups in total. The molecule has 1 heterocycles. The van der Waals surface area contributed by atoms with Crippen LogP contribution in [-0.2, 0) is 28.9 Å². The molecular weight excluding hydrogens is 328 g/mol. The highest BCUT2D eigenvalue weighted by Gasteiger charge is 2.16. The van der Waals surface area contributed by atoms with Gasteiger partial charge in [0.25, 0.3) is 5.91 Å². The molecule has 1 aliphatic heterocycles. The second-order valence-corrected chi connectivity index (χ2v) is 6.85. The van der Waals surface area contributed by atoms with E-state index in [0.717, 1.165) is 29.8 Å². The molecule has 0 bridgehead atoms. The number of hydrogen-bond acceptors (Lipinski definition) is 3. The Morgan fingerprint density at radius 3 is 2.85 bits per heavy atom. The fraction of sp³-hybridized carbons (Fsp3) is 0.333. The van der Waals surface area contributed by atoms with E-state index in [2.05, 4.69) is 16.7 Å². The summed E-state index contributed by atoms with van der Waals surface area (Å²) in [5.74, 6) is 0.525. The maximum atomic E-state index is 12.3. The predicted octanol–water partition coefficient (Wildman–Crippen LogP) is 3.47. The van der Waals surface area contributed by atoms with Crippen molar-refractivity contribution in [2.45, 2.75) is 38.5 Å². The van der Waals surface area contributed by atoms with E-state index in [1.807, 2.05) is 24.3 Å². The molecule has 26 heavy (non-hydrogen) atoms. The number of hydrogen-bond donors (Lipinski definition) is 2. The van der Waals surface area contributed by atoms with Crippen molar-refractivity contribution in [2.75, 3.05) is 17.2 Å². The molecule has 2 aromatic rings. The average molecular weight is 350 g/mol. The standard InChI is InChI=1S/C21H22N2O3/c24-20-11-8-15-12-16(9-10-18(15)22-20)26-13-21(25)23-19-7-3-5-14-4-1-2-6-17(14)19/h3,5,7,9-10,12H,1-2,4,6,8,11,13H2,(H,22,24)(H,23,25). The van der Waals surface area contributed by atoms with Crippen molar-refractivity contribution in [3.05, 3.63) is 53.1 Å². The third-order valence-corrected chi connectivity index (χ3v) is 5.01. The van der Waals surface area contributed by atoms with Gasteiger partial charge in [-0.15, -0.1) is 0 Å². The van der Waals surface area contributed by atoms with Gasteiger partial charge in [0.1, 0.15) is 5.75 Å². The smallest absolute Gasteiger partial charge is 0.262 e. The fourth-order valence-electron chi connectivity index (χ4n) is 3.68. The minimum Gasteiger partial charge on any atom is -0.484 e. The van der Waals surface area contributed by atoms with Gasteiger partial charge in [0.15, 0.2) is 6.61 Å². The zero-order valence-corrected chi connectivity index (χ0v) is 14.6. The monoisotopic (exact) mass is 350 g/mol. The normalized spacial score (nSPS) is 15.5. The summed E-state index contributed by atoms with van der Waals surface area (Å²) >= 11 is 0. The number of nitrogens with one attached hydrogen (secondary N) is 2. The first-order valence-corrected chi connectivity index (χ1v) is 9.15. The Bertz CT molecular complexity index is 860. The molecule has 134 valence electrons. The lowest BCUT2D eigenvalue weighted by molar-refractivity contribution is -0.118. The zero-order valence-electron chi connectivity index (χ0n) is 14.6. The lowest BCUT2D eigenvalue weighted by atomic mass is 9.90. The molecule has 0 fully saturated rings. The second kappa shape index (κ2) is 7.20. The first-order chi connectivity index (χ1) is 12.7. The van der Waals surface area contributed by atoms with Gasteiger partial charge in [0, 0.05) is 17.8 Å². The van der Waals surface area contributed by atoms with Crippen molar-refractivity contribution in [3.63, 3.8) is 0 Å². The quantitative estimate of drug-likeness (QED) is 0.887. The van der Waals surface area contributed by atoms with Crippen molar-refractivity contribution in [1.29, 1.82) is 0 Å². The molecule has 0 saturated carbocycles. The van der Waals surface area contributed by atoms with Crippen LogP contribution in [-0.4, -0.2) is 18.4 Å². The lowest BCUT2D eigenvalue weighted by Crippen LogP contribution is -2.22. The van der Waals surface area contributed by atoms with E-state index in [1.165, 1.54) is 24.0 Å². The Kier molecular flexibility index (Phi) is 4.61. The highest BCUT2D eigenvalue weighted by Crippen LogP contribution is 2.28. The summed E-state index contributed by atoms with van der Waals surface area (Å²) in [6, 6.07) is 11.6. The molecule has 1 aliphatic carbocycles. The number of benzene rings is 2. The predicted molar refractivity (Wildman–Crippen MR) is 101 cm³/mol. The third kappa shape index (κ3) is 3.57. The van der Waals surface area contributed by atoms with Gasteiger partial charge in [-0.3, -0.25) is 9.59 Å². The molecule has 2 aromatic carbocycles. The van der Waals surface area contributed by atoms with Crippen molar-refractivity contribution in [3.8, 4) is 5.75 Å². The van der Waals surface area contributed by atoms with Crippen molar-refractivity contribution < 1.29 is 14.3 Å². The molecule has 0 atom stereocenters. The maximum Gasteiger partial charge on any atom is 0.262 e. The Balaban J connectivity index is 1.38. The van der Waals surface area contributed by atoms with Crippen LogP contribution in [0.25, 0.3) is 0 Å². The van der Waals surface area contributed by atoms with Crippen LogP contribution in [0.5, 0.6) is 5.75 Å². The molecule has 0 aromatic heterocycles. The van der Waals surface area contributed by atoms with Crippen LogP contribution in [0.1, 0.15) is 36.0 Å².